The summed E-state index contributed by atoms with van der Waals surface area (Å²) >= 11 is 0. The first-order chi connectivity index (χ1) is 10.3. The molecule has 0 fully saturated rings. The lowest BCUT2D eigenvalue weighted by molar-refractivity contribution is 0.707. The number of hydrogen-bond donors (Lipinski definition) is 1. The third-order valence-electron chi connectivity index (χ3n) is 4.15. The van der Waals surface area contributed by atoms with Crippen LogP contribution < -0.4 is 5.73 Å². The van der Waals surface area contributed by atoms with Crippen molar-refractivity contribution in [2.24, 2.45) is 0 Å². The number of nitrogens with two attached hydrogens (primary N) is 1. The lowest BCUT2D eigenvalue weighted by atomic mass is 10.1. The summed E-state index contributed by atoms with van der Waals surface area (Å²) in [4.78, 5) is 8.97. The van der Waals surface area contributed by atoms with Crippen LogP contribution in [0.5, 0.6) is 0 Å². The van der Waals surface area contributed by atoms with Gasteiger partial charge in [0.1, 0.15) is 6.33 Å². The third-order valence-corrected chi connectivity index (χ3v) is 4.15. The first-order valence-electron chi connectivity index (χ1n) is 7.39. The van der Waals surface area contributed by atoms with Crippen molar-refractivity contribution in [3.8, 4) is 5.82 Å². The Bertz CT molecular complexity index is 806. The summed E-state index contributed by atoms with van der Waals surface area (Å²) in [7, 11) is 0. The van der Waals surface area contributed by atoms with Gasteiger partial charge in [0.15, 0.2) is 5.82 Å². The Balaban J connectivity index is 1.95. The molecule has 0 saturated carbocycles. The van der Waals surface area contributed by atoms with Gasteiger partial charge >= 0.3 is 0 Å². The lowest BCUT2D eigenvalue weighted by Gasteiger charge is -2.11. The summed E-state index contributed by atoms with van der Waals surface area (Å²) in [5.74, 6) is 0.905. The molecule has 0 radical (unpaired) electrons. The standard InChI is InChI=1S/C16H17N5/c17-12-7-6-11-9-20-21(15(11)8-12)16-13-4-2-1-3-5-14(13)18-10-19-16/h6-10H,1-5,17H2. The quantitative estimate of drug-likeness (QED) is 0.549. The van der Waals surface area contributed by atoms with E-state index in [4.69, 9.17) is 5.73 Å². The summed E-state index contributed by atoms with van der Waals surface area (Å²) in [5, 5.41) is 5.59. The Labute approximate surface area is 122 Å². The van der Waals surface area contributed by atoms with Gasteiger partial charge in [0, 0.05) is 22.3 Å². The number of anilines is 1. The molecular weight excluding hydrogens is 262 g/mol. The molecule has 5 nitrogen and oxygen atoms in total. The average Bonchev–Trinajstić information content (AvgIpc) is 2.75. The molecule has 2 heterocycles. The largest absolute Gasteiger partial charge is 0.399 e. The van der Waals surface area contributed by atoms with E-state index in [2.05, 4.69) is 15.1 Å². The Kier molecular flexibility index (Phi) is 2.84. The van der Waals surface area contributed by atoms with Crippen molar-refractivity contribution in [1.29, 1.82) is 0 Å². The number of nitrogen functional groups attached to an aromatic ring is 1. The van der Waals surface area contributed by atoms with Crippen LogP contribution in [0.25, 0.3) is 16.7 Å². The highest BCUT2D eigenvalue weighted by Crippen LogP contribution is 2.26. The van der Waals surface area contributed by atoms with E-state index in [-0.39, 0.29) is 0 Å². The molecule has 0 spiro atoms. The lowest BCUT2D eigenvalue weighted by Crippen LogP contribution is -2.08. The van der Waals surface area contributed by atoms with Crippen molar-refractivity contribution in [3.63, 3.8) is 0 Å². The molecule has 5 heteroatoms. The molecule has 0 saturated heterocycles. The second-order valence-corrected chi connectivity index (χ2v) is 5.56. The maximum Gasteiger partial charge on any atom is 0.160 e. The SMILES string of the molecule is Nc1ccc2cnn(-c3ncnc4c3CCCCC4)c2c1. The minimum Gasteiger partial charge on any atom is -0.399 e. The van der Waals surface area contributed by atoms with Gasteiger partial charge in [0.05, 0.1) is 11.7 Å². The minimum absolute atomic E-state index is 0.740. The van der Waals surface area contributed by atoms with Crippen LogP contribution in [0.4, 0.5) is 5.69 Å². The Hall–Kier alpha value is -2.43. The third kappa shape index (κ3) is 2.05. The number of fused-ring (bicyclic) bond motifs is 2. The van der Waals surface area contributed by atoms with E-state index in [0.717, 1.165) is 35.2 Å². The van der Waals surface area contributed by atoms with Crippen LogP contribution >= 0.6 is 0 Å². The predicted octanol–water partition coefficient (Wildman–Crippen LogP) is 2.67. The van der Waals surface area contributed by atoms with Crippen molar-refractivity contribution in [3.05, 3.63) is 42.0 Å². The maximum atomic E-state index is 5.92. The van der Waals surface area contributed by atoms with Crippen LogP contribution in [0.1, 0.15) is 30.5 Å². The number of nitrogens with zero attached hydrogens (tertiary/aromatic N) is 4. The average molecular weight is 279 g/mol. The van der Waals surface area contributed by atoms with Crippen LogP contribution in [0, 0.1) is 0 Å². The van der Waals surface area contributed by atoms with Gasteiger partial charge < -0.3 is 5.73 Å². The fourth-order valence-corrected chi connectivity index (χ4v) is 3.07. The first kappa shape index (κ1) is 12.3. The number of aryl methyl sites for hydroxylation is 1. The van der Waals surface area contributed by atoms with Crippen molar-refractivity contribution < 1.29 is 0 Å². The smallest absolute Gasteiger partial charge is 0.160 e. The molecule has 3 aromatic rings. The Morgan fingerprint density at radius 1 is 1.05 bits per heavy atom. The first-order valence-corrected chi connectivity index (χ1v) is 7.39. The van der Waals surface area contributed by atoms with Crippen LogP contribution in [0.3, 0.4) is 0 Å². The Morgan fingerprint density at radius 3 is 2.90 bits per heavy atom. The number of benzene rings is 1. The zero-order valence-corrected chi connectivity index (χ0v) is 11.8. The number of rotatable bonds is 1. The zero-order valence-electron chi connectivity index (χ0n) is 11.8. The van der Waals surface area contributed by atoms with E-state index in [0.29, 0.717) is 0 Å². The van der Waals surface area contributed by atoms with Gasteiger partial charge in [-0.05, 0) is 43.9 Å². The summed E-state index contributed by atoms with van der Waals surface area (Å²) in [6.45, 7) is 0. The van der Waals surface area contributed by atoms with Gasteiger partial charge in [-0.3, -0.25) is 0 Å². The minimum atomic E-state index is 0.740. The molecule has 2 N–H and O–H groups in total. The molecule has 0 amide bonds. The van der Waals surface area contributed by atoms with Gasteiger partial charge in [-0.25, -0.2) is 14.6 Å². The van der Waals surface area contributed by atoms with Crippen LogP contribution in [0.2, 0.25) is 0 Å². The molecule has 0 bridgehead atoms. The van der Waals surface area contributed by atoms with Gasteiger partial charge in [-0.15, -0.1) is 0 Å². The van der Waals surface area contributed by atoms with Gasteiger partial charge in [0.2, 0.25) is 0 Å². The molecule has 0 unspecified atom stereocenters. The van der Waals surface area contributed by atoms with Crippen molar-refractivity contribution >= 4 is 16.6 Å². The Morgan fingerprint density at radius 2 is 1.95 bits per heavy atom. The predicted molar refractivity (Wildman–Crippen MR) is 82.3 cm³/mol. The molecule has 1 aliphatic carbocycles. The molecular formula is C16H17N5. The topological polar surface area (TPSA) is 69.6 Å². The molecule has 1 aliphatic rings. The van der Waals surface area contributed by atoms with Crippen LogP contribution in [0.15, 0.2) is 30.7 Å². The highest BCUT2D eigenvalue weighted by molar-refractivity contribution is 5.83. The van der Waals surface area contributed by atoms with E-state index >= 15 is 0 Å². The van der Waals surface area contributed by atoms with Crippen LogP contribution in [-0.4, -0.2) is 19.7 Å². The highest BCUT2D eigenvalue weighted by Gasteiger charge is 2.17. The molecule has 2 aromatic heterocycles. The van der Waals surface area contributed by atoms with Crippen LogP contribution in [-0.2, 0) is 12.8 Å². The molecule has 4 rings (SSSR count). The summed E-state index contributed by atoms with van der Waals surface area (Å²) in [6.07, 6.45) is 9.22. The number of hydrogen-bond acceptors (Lipinski definition) is 4. The van der Waals surface area contributed by atoms with Crippen molar-refractivity contribution in [1.82, 2.24) is 19.7 Å². The second kappa shape index (κ2) is 4.84. The van der Waals surface area contributed by atoms with Crippen molar-refractivity contribution in [2.75, 3.05) is 5.73 Å². The fourth-order valence-electron chi connectivity index (χ4n) is 3.07. The maximum absolute atomic E-state index is 5.92. The summed E-state index contributed by atoms with van der Waals surface area (Å²) < 4.78 is 1.90. The fraction of sp³-hybridized carbons (Fsp3) is 0.312. The van der Waals surface area contributed by atoms with Crippen molar-refractivity contribution in [2.45, 2.75) is 32.1 Å². The monoisotopic (exact) mass is 279 g/mol. The summed E-state index contributed by atoms with van der Waals surface area (Å²) in [6, 6.07) is 5.84. The molecule has 106 valence electrons. The molecule has 0 atom stereocenters. The second-order valence-electron chi connectivity index (χ2n) is 5.56. The summed E-state index contributed by atoms with van der Waals surface area (Å²) in [5.41, 5.74) is 10.1. The van der Waals surface area contributed by atoms with Gasteiger partial charge in [0.25, 0.3) is 0 Å². The van der Waals surface area contributed by atoms with E-state index in [1.807, 2.05) is 29.1 Å². The number of aromatic nitrogens is 4. The van der Waals surface area contributed by atoms with Gasteiger partial charge in [-0.2, -0.15) is 5.10 Å². The normalized spacial score (nSPS) is 14.9. The van der Waals surface area contributed by atoms with Gasteiger partial charge in [-0.1, -0.05) is 6.42 Å². The van der Waals surface area contributed by atoms with E-state index in [9.17, 15) is 0 Å². The van der Waals surface area contributed by atoms with E-state index in [1.165, 1.54) is 30.5 Å². The van der Waals surface area contributed by atoms with E-state index < -0.39 is 0 Å². The zero-order chi connectivity index (χ0) is 14.2. The molecule has 0 aliphatic heterocycles. The molecule has 21 heavy (non-hydrogen) atoms. The molecule has 1 aromatic carbocycles. The van der Waals surface area contributed by atoms with E-state index in [1.54, 1.807) is 6.33 Å². The highest BCUT2D eigenvalue weighted by atomic mass is 15.3.